The van der Waals surface area contributed by atoms with Crippen LogP contribution in [0.25, 0.3) is 0 Å². The molecule has 0 fully saturated rings. The van der Waals surface area contributed by atoms with Gasteiger partial charge in [-0.25, -0.2) is 0 Å². The van der Waals surface area contributed by atoms with Crippen molar-refractivity contribution in [2.24, 2.45) is 0 Å². The summed E-state index contributed by atoms with van der Waals surface area (Å²) in [4.78, 5) is 16.4. The molecule has 3 heterocycles. The highest BCUT2D eigenvalue weighted by atomic mass is 32.1. The molecule has 1 aromatic carbocycles. The first-order valence-electron chi connectivity index (χ1n) is 8.16. The van der Waals surface area contributed by atoms with E-state index in [9.17, 15) is 4.79 Å². The molecule has 4 rings (SSSR count). The van der Waals surface area contributed by atoms with Crippen LogP contribution in [0, 0.1) is 6.92 Å². The minimum absolute atomic E-state index is 0.0618. The van der Waals surface area contributed by atoms with Crippen molar-refractivity contribution in [2.45, 2.75) is 33.0 Å². The molecule has 0 spiro atoms. The third-order valence-electron chi connectivity index (χ3n) is 4.77. The summed E-state index contributed by atoms with van der Waals surface area (Å²) in [5.41, 5.74) is 4.45. The van der Waals surface area contributed by atoms with Gasteiger partial charge >= 0.3 is 0 Å². The Balaban J connectivity index is 1.66. The monoisotopic (exact) mass is 327 g/mol. The summed E-state index contributed by atoms with van der Waals surface area (Å²) in [6.45, 7) is 7.33. The van der Waals surface area contributed by atoms with Crippen molar-refractivity contribution >= 4 is 22.2 Å². The van der Waals surface area contributed by atoms with Crippen LogP contribution in [0.4, 0.5) is 5.00 Å². The minimum atomic E-state index is -0.141. The molecular weight excluding hydrogens is 306 g/mol. The molecule has 23 heavy (non-hydrogen) atoms. The van der Waals surface area contributed by atoms with Crippen LogP contribution in [0.3, 0.4) is 0 Å². The van der Waals surface area contributed by atoms with Crippen molar-refractivity contribution in [3.8, 4) is 0 Å². The average Bonchev–Trinajstić information content (AvgIpc) is 2.93. The molecule has 0 saturated carbocycles. The normalized spacial score (nSPS) is 20.4. The molecule has 4 nitrogen and oxygen atoms in total. The number of carbonyl (C=O) groups is 1. The van der Waals surface area contributed by atoms with Crippen LogP contribution in [-0.2, 0) is 13.0 Å². The second-order valence-corrected chi connectivity index (χ2v) is 7.39. The topological polar surface area (TPSA) is 44.4 Å². The molecule has 5 heteroatoms. The number of carbonyl (C=O) groups excluding carboxylic acids is 1. The van der Waals surface area contributed by atoms with E-state index in [-0.39, 0.29) is 12.1 Å². The van der Waals surface area contributed by atoms with Crippen molar-refractivity contribution in [1.29, 1.82) is 0 Å². The maximum Gasteiger partial charge on any atom is 0.256 e. The molecule has 0 aliphatic carbocycles. The van der Waals surface area contributed by atoms with Crippen LogP contribution in [0.2, 0.25) is 0 Å². The number of hydrogen-bond donors (Lipinski definition) is 2. The molecule has 1 atom stereocenters. The number of likely N-dealkylation sites (N-methyl/N-ethyl adjacent to an activating group) is 1. The quantitative estimate of drug-likeness (QED) is 0.889. The first-order valence-corrected chi connectivity index (χ1v) is 8.98. The van der Waals surface area contributed by atoms with Gasteiger partial charge in [0.05, 0.1) is 5.56 Å². The average molecular weight is 327 g/mol. The number of benzene rings is 1. The number of hydrogen-bond acceptors (Lipinski definition) is 4. The van der Waals surface area contributed by atoms with E-state index in [0.29, 0.717) is 0 Å². The van der Waals surface area contributed by atoms with Gasteiger partial charge in [0, 0.05) is 18.0 Å². The number of anilines is 1. The zero-order valence-corrected chi connectivity index (χ0v) is 14.3. The Bertz CT molecular complexity index is 750. The van der Waals surface area contributed by atoms with E-state index >= 15 is 0 Å². The van der Waals surface area contributed by atoms with E-state index in [1.165, 1.54) is 16.0 Å². The van der Waals surface area contributed by atoms with Crippen molar-refractivity contribution in [1.82, 2.24) is 10.2 Å². The van der Waals surface area contributed by atoms with Gasteiger partial charge in [-0.3, -0.25) is 9.69 Å². The molecule has 2 N–H and O–H groups in total. The number of fused-ring (bicyclic) bond motifs is 3. The molecule has 0 saturated heterocycles. The smallest absolute Gasteiger partial charge is 0.256 e. The van der Waals surface area contributed by atoms with Gasteiger partial charge in [-0.1, -0.05) is 36.8 Å². The third kappa shape index (κ3) is 2.54. The third-order valence-corrected chi connectivity index (χ3v) is 5.92. The lowest BCUT2D eigenvalue weighted by Gasteiger charge is -2.28. The number of thiophene rings is 1. The largest absolute Gasteiger partial charge is 0.353 e. The maximum atomic E-state index is 12.7. The Morgan fingerprint density at radius 2 is 2.04 bits per heavy atom. The van der Waals surface area contributed by atoms with Gasteiger partial charge in [0.25, 0.3) is 5.91 Å². The highest BCUT2D eigenvalue weighted by Gasteiger charge is 2.32. The molecule has 1 aromatic heterocycles. The van der Waals surface area contributed by atoms with Crippen LogP contribution in [-0.4, -0.2) is 23.9 Å². The fourth-order valence-electron chi connectivity index (χ4n) is 3.36. The summed E-state index contributed by atoms with van der Waals surface area (Å²) in [6, 6.07) is 8.31. The second kappa shape index (κ2) is 5.65. The second-order valence-electron chi connectivity index (χ2n) is 6.29. The fourth-order valence-corrected chi connectivity index (χ4v) is 4.68. The van der Waals surface area contributed by atoms with Crippen LogP contribution < -0.4 is 10.6 Å². The number of rotatable bonds is 2. The number of nitrogens with one attached hydrogen (secondary N) is 2. The molecule has 1 unspecified atom stereocenters. The lowest BCUT2D eigenvalue weighted by molar-refractivity contribution is 0.0934. The van der Waals surface area contributed by atoms with Crippen LogP contribution in [0.1, 0.15) is 45.0 Å². The summed E-state index contributed by atoms with van der Waals surface area (Å²) in [6.07, 6.45) is 0.831. The molecular formula is C18H21N3OS. The molecule has 2 aliphatic rings. The van der Waals surface area contributed by atoms with Crippen LogP contribution in [0.5, 0.6) is 0 Å². The summed E-state index contributed by atoms with van der Waals surface area (Å²) in [7, 11) is 0. The number of nitrogens with zero attached hydrogens (tertiary/aromatic N) is 1. The molecule has 0 bridgehead atoms. The van der Waals surface area contributed by atoms with Gasteiger partial charge < -0.3 is 10.6 Å². The van der Waals surface area contributed by atoms with E-state index in [2.05, 4.69) is 53.6 Å². The first-order chi connectivity index (χ1) is 11.2. The molecule has 0 radical (unpaired) electrons. The van der Waals surface area contributed by atoms with E-state index < -0.39 is 0 Å². The Morgan fingerprint density at radius 1 is 1.26 bits per heavy atom. The predicted molar refractivity (Wildman–Crippen MR) is 94.0 cm³/mol. The maximum absolute atomic E-state index is 12.7. The Kier molecular flexibility index (Phi) is 3.62. The number of amides is 1. The van der Waals surface area contributed by atoms with E-state index in [1.54, 1.807) is 11.3 Å². The van der Waals surface area contributed by atoms with Gasteiger partial charge in [0.2, 0.25) is 0 Å². The van der Waals surface area contributed by atoms with E-state index in [1.807, 2.05) is 0 Å². The first kappa shape index (κ1) is 14.7. The van der Waals surface area contributed by atoms with Gasteiger partial charge in [0.15, 0.2) is 0 Å². The molecule has 120 valence electrons. The lowest BCUT2D eigenvalue weighted by Crippen LogP contribution is -2.38. The zero-order chi connectivity index (χ0) is 16.0. The van der Waals surface area contributed by atoms with Crippen LogP contribution in [0.15, 0.2) is 24.3 Å². The van der Waals surface area contributed by atoms with Crippen molar-refractivity contribution in [3.63, 3.8) is 0 Å². The zero-order valence-electron chi connectivity index (χ0n) is 13.5. The van der Waals surface area contributed by atoms with Gasteiger partial charge in [-0.15, -0.1) is 11.3 Å². The van der Waals surface area contributed by atoms with Gasteiger partial charge in [0.1, 0.15) is 11.2 Å². The Labute approximate surface area is 140 Å². The molecule has 2 aromatic rings. The Hall–Kier alpha value is -1.85. The summed E-state index contributed by atoms with van der Waals surface area (Å²) in [5, 5.41) is 7.66. The molecule has 1 amide bonds. The predicted octanol–water partition coefficient (Wildman–Crippen LogP) is 3.29. The Morgan fingerprint density at radius 3 is 2.78 bits per heavy atom. The summed E-state index contributed by atoms with van der Waals surface area (Å²) in [5.74, 6) is 0.0618. The van der Waals surface area contributed by atoms with Gasteiger partial charge in [-0.05, 0) is 31.0 Å². The SMILES string of the molecule is CCN1CCc2c(sc3c2C(=O)NC(c2ccc(C)cc2)N3)C1. The highest BCUT2D eigenvalue weighted by molar-refractivity contribution is 7.16. The highest BCUT2D eigenvalue weighted by Crippen LogP contribution is 2.40. The standard InChI is InChI=1S/C18H21N3OS/c1-3-21-9-8-13-14(10-21)23-18-15(13)17(22)19-16(20-18)12-6-4-11(2)5-7-12/h4-7,16,20H,3,8-10H2,1-2H3,(H,19,22). The van der Waals surface area contributed by atoms with Crippen molar-refractivity contribution < 1.29 is 4.79 Å². The minimum Gasteiger partial charge on any atom is -0.353 e. The summed E-state index contributed by atoms with van der Waals surface area (Å²) < 4.78 is 0. The van der Waals surface area contributed by atoms with Crippen molar-refractivity contribution in [3.05, 3.63) is 51.4 Å². The fraction of sp³-hybridized carbons (Fsp3) is 0.389. The molecule has 2 aliphatic heterocycles. The number of aryl methyl sites for hydroxylation is 1. The van der Waals surface area contributed by atoms with Crippen molar-refractivity contribution in [2.75, 3.05) is 18.4 Å². The van der Waals surface area contributed by atoms with Gasteiger partial charge in [-0.2, -0.15) is 0 Å². The summed E-state index contributed by atoms with van der Waals surface area (Å²) >= 11 is 1.75. The van der Waals surface area contributed by atoms with E-state index in [4.69, 9.17) is 0 Å². The van der Waals surface area contributed by atoms with E-state index in [0.717, 1.165) is 42.2 Å². The van der Waals surface area contributed by atoms with Crippen LogP contribution >= 0.6 is 11.3 Å². The lowest BCUT2D eigenvalue weighted by atomic mass is 10.00.